The van der Waals surface area contributed by atoms with E-state index >= 15 is 0 Å². The lowest BCUT2D eigenvalue weighted by molar-refractivity contribution is -0.115. The molecule has 0 spiro atoms. The number of thiophene rings is 1. The minimum atomic E-state index is -0.210. The summed E-state index contributed by atoms with van der Waals surface area (Å²) in [5, 5.41) is 20.3. The summed E-state index contributed by atoms with van der Waals surface area (Å²) < 4.78 is 2.04. The molecule has 4 aromatic rings. The average Bonchev–Trinajstić information content (AvgIpc) is 3.32. The Bertz CT molecular complexity index is 1460. The summed E-state index contributed by atoms with van der Waals surface area (Å²) in [6.07, 6.45) is 1.76. The van der Waals surface area contributed by atoms with E-state index in [4.69, 9.17) is 16.7 Å². The lowest BCUT2D eigenvalue weighted by Crippen LogP contribution is -2.22. The maximum absolute atomic E-state index is 12.0. The monoisotopic (exact) mass is 504 g/mol. The molecule has 5 rings (SSSR count). The predicted molar refractivity (Wildman–Crippen MR) is 140 cm³/mol. The summed E-state index contributed by atoms with van der Waals surface area (Å²) in [7, 11) is 0. The van der Waals surface area contributed by atoms with Crippen molar-refractivity contribution in [2.24, 2.45) is 5.10 Å². The number of amides is 1. The molecule has 0 saturated carbocycles. The van der Waals surface area contributed by atoms with Crippen molar-refractivity contribution < 1.29 is 4.79 Å². The molecule has 10 heteroatoms. The van der Waals surface area contributed by atoms with E-state index in [9.17, 15) is 4.79 Å². The molecular weight excluding hydrogens is 482 g/mol. The lowest BCUT2D eigenvalue weighted by Gasteiger charge is -2.19. The number of nitrogens with one attached hydrogen (secondary N) is 1. The van der Waals surface area contributed by atoms with Crippen LogP contribution in [0, 0.1) is 27.7 Å². The molecule has 177 valence electrons. The van der Waals surface area contributed by atoms with Crippen LogP contribution in [-0.2, 0) is 11.3 Å². The van der Waals surface area contributed by atoms with E-state index in [2.05, 4.69) is 41.3 Å². The molecule has 1 aliphatic heterocycles. The van der Waals surface area contributed by atoms with Crippen LogP contribution in [0.25, 0.3) is 5.00 Å². The zero-order valence-corrected chi connectivity index (χ0v) is 21.1. The van der Waals surface area contributed by atoms with E-state index in [0.717, 1.165) is 38.8 Å². The van der Waals surface area contributed by atoms with Gasteiger partial charge in [0.05, 0.1) is 6.54 Å². The molecule has 4 heterocycles. The van der Waals surface area contributed by atoms with Gasteiger partial charge in [-0.05, 0) is 51.5 Å². The zero-order valence-electron chi connectivity index (χ0n) is 19.5. The lowest BCUT2D eigenvalue weighted by atomic mass is 10.00. The van der Waals surface area contributed by atoms with Crippen LogP contribution >= 0.6 is 22.9 Å². The minimum absolute atomic E-state index is 0.116. The van der Waals surface area contributed by atoms with E-state index < -0.39 is 0 Å². The number of pyridine rings is 1. The highest BCUT2D eigenvalue weighted by atomic mass is 35.5. The van der Waals surface area contributed by atoms with Gasteiger partial charge in [-0.15, -0.1) is 21.5 Å². The van der Waals surface area contributed by atoms with Gasteiger partial charge in [-0.3, -0.25) is 9.36 Å². The molecule has 0 saturated heterocycles. The van der Waals surface area contributed by atoms with Gasteiger partial charge in [-0.2, -0.15) is 5.10 Å². The quantitative estimate of drug-likeness (QED) is 0.401. The highest BCUT2D eigenvalue weighted by Gasteiger charge is 2.30. The van der Waals surface area contributed by atoms with Crippen molar-refractivity contribution in [3.8, 4) is 5.00 Å². The number of hydrogen-bond donors (Lipinski definition) is 1. The number of rotatable bonds is 5. The number of nitrogens with zero attached hydrogens (tertiary/aromatic N) is 6. The molecule has 1 amide bonds. The van der Waals surface area contributed by atoms with Gasteiger partial charge in [0.25, 0.3) is 5.95 Å². The summed E-state index contributed by atoms with van der Waals surface area (Å²) in [4.78, 5) is 17.6. The molecule has 1 radical (unpaired) electrons. The normalized spacial score (nSPS) is 12.6. The van der Waals surface area contributed by atoms with Crippen LogP contribution in [0.5, 0.6) is 0 Å². The average molecular weight is 505 g/mol. The molecule has 8 nitrogen and oxygen atoms in total. The summed E-state index contributed by atoms with van der Waals surface area (Å²) >= 11 is 7.87. The molecule has 1 aliphatic rings. The van der Waals surface area contributed by atoms with Crippen LogP contribution in [0.3, 0.4) is 0 Å². The smallest absolute Gasteiger partial charge is 0.253 e. The summed E-state index contributed by atoms with van der Waals surface area (Å²) in [5.74, 6) is 1.61. The number of aryl methyl sites for hydroxylation is 2. The maximum Gasteiger partial charge on any atom is 0.253 e. The van der Waals surface area contributed by atoms with Gasteiger partial charge in [-0.25, -0.2) is 9.99 Å². The third kappa shape index (κ3) is 4.21. The first-order valence-corrected chi connectivity index (χ1v) is 12.2. The van der Waals surface area contributed by atoms with Crippen molar-refractivity contribution >= 4 is 46.3 Å². The third-order valence-electron chi connectivity index (χ3n) is 5.88. The highest BCUT2D eigenvalue weighted by molar-refractivity contribution is 7.15. The Balaban J connectivity index is 1.70. The minimum Gasteiger partial charge on any atom is -0.310 e. The van der Waals surface area contributed by atoms with Gasteiger partial charge in [0.2, 0.25) is 5.91 Å². The first-order chi connectivity index (χ1) is 16.9. The maximum atomic E-state index is 12.0. The van der Waals surface area contributed by atoms with E-state index in [-0.39, 0.29) is 12.3 Å². The van der Waals surface area contributed by atoms with Crippen LogP contribution in [0.1, 0.15) is 39.4 Å². The highest BCUT2D eigenvalue weighted by Crippen LogP contribution is 2.39. The molecule has 0 bridgehead atoms. The van der Waals surface area contributed by atoms with Crippen LogP contribution in [-0.4, -0.2) is 31.4 Å². The number of anilines is 2. The Morgan fingerprint density at radius 2 is 1.91 bits per heavy atom. The molecule has 1 N–H and O–H groups in total. The van der Waals surface area contributed by atoms with E-state index in [0.29, 0.717) is 23.3 Å². The summed E-state index contributed by atoms with van der Waals surface area (Å²) in [5.41, 5.74) is 4.74. The van der Waals surface area contributed by atoms with Gasteiger partial charge in [0.15, 0.2) is 0 Å². The topological polar surface area (TPSA) is 88.3 Å². The second-order valence-corrected chi connectivity index (χ2v) is 9.81. The van der Waals surface area contributed by atoms with E-state index in [1.807, 2.05) is 52.9 Å². The fraction of sp³-hybridized carbons (Fsp3) is 0.200. The number of benzene rings is 1. The Hall–Kier alpha value is -3.56. The first-order valence-electron chi connectivity index (χ1n) is 11.0. The van der Waals surface area contributed by atoms with Crippen molar-refractivity contribution in [3.63, 3.8) is 0 Å². The SMILES string of the molecule is [CH2]CC(=O)Nc1ncccc1CN1N=C(c2ccc(Cl)cc2)c2c(sc(C)c2C)-n2c(C)nnc21. The van der Waals surface area contributed by atoms with Crippen molar-refractivity contribution in [1.29, 1.82) is 0 Å². The van der Waals surface area contributed by atoms with E-state index in [1.54, 1.807) is 17.5 Å². The number of carbonyl (C=O) groups is 1. The third-order valence-corrected chi connectivity index (χ3v) is 7.32. The molecule has 0 fully saturated rings. The largest absolute Gasteiger partial charge is 0.310 e. The molecule has 0 aliphatic carbocycles. The number of aromatic nitrogens is 4. The second-order valence-electron chi connectivity index (χ2n) is 8.17. The molecule has 1 aromatic carbocycles. The van der Waals surface area contributed by atoms with Crippen molar-refractivity contribution in [1.82, 2.24) is 19.7 Å². The van der Waals surface area contributed by atoms with Crippen molar-refractivity contribution in [2.75, 3.05) is 10.3 Å². The Labute approximate surface area is 212 Å². The Morgan fingerprint density at radius 1 is 1.14 bits per heavy atom. The van der Waals surface area contributed by atoms with Gasteiger partial charge >= 0.3 is 0 Å². The Morgan fingerprint density at radius 3 is 2.66 bits per heavy atom. The second kappa shape index (κ2) is 9.24. The van der Waals surface area contributed by atoms with Crippen LogP contribution < -0.4 is 10.3 Å². The molecule has 35 heavy (non-hydrogen) atoms. The van der Waals surface area contributed by atoms with Crippen molar-refractivity contribution in [2.45, 2.75) is 33.7 Å². The predicted octanol–water partition coefficient (Wildman–Crippen LogP) is 5.24. The number of halogens is 1. The number of hydrazone groups is 1. The van der Waals surface area contributed by atoms with E-state index in [1.165, 1.54) is 4.88 Å². The van der Waals surface area contributed by atoms with Crippen LogP contribution in [0.4, 0.5) is 11.8 Å². The fourth-order valence-electron chi connectivity index (χ4n) is 3.97. The van der Waals surface area contributed by atoms with Crippen LogP contribution in [0.2, 0.25) is 5.02 Å². The van der Waals surface area contributed by atoms with Gasteiger partial charge in [0, 0.05) is 39.2 Å². The molecule has 3 aromatic heterocycles. The Kier molecular flexibility index (Phi) is 6.12. The number of fused-ring (bicyclic) bond motifs is 3. The number of carbonyl (C=O) groups excluding carboxylic acids is 1. The standard InChI is InChI=1S/C25H23ClN7OS/c1-5-20(34)28-23-18(7-6-12-27-23)13-32-25-30-29-16(4)33(25)24-21(14(2)15(3)35-24)22(31-32)17-8-10-19(26)11-9-17/h6-12H,1,5,13H2,2-4H3,(H,27,28,34). The van der Waals surface area contributed by atoms with Gasteiger partial charge < -0.3 is 5.32 Å². The first kappa shape index (κ1) is 23.2. The van der Waals surface area contributed by atoms with Gasteiger partial charge in [0.1, 0.15) is 22.4 Å². The summed E-state index contributed by atoms with van der Waals surface area (Å²) in [6.45, 7) is 10.1. The fourth-order valence-corrected chi connectivity index (χ4v) is 5.30. The molecule has 0 atom stereocenters. The van der Waals surface area contributed by atoms with Gasteiger partial charge in [-0.1, -0.05) is 29.8 Å². The van der Waals surface area contributed by atoms with Crippen LogP contribution in [0.15, 0.2) is 47.7 Å². The molecule has 0 unspecified atom stereocenters. The number of hydrogen-bond acceptors (Lipinski definition) is 7. The van der Waals surface area contributed by atoms with Crippen molar-refractivity contribution in [3.05, 3.63) is 87.5 Å². The zero-order chi connectivity index (χ0) is 24.7. The molecular formula is C25H23ClN7OS. The summed E-state index contributed by atoms with van der Waals surface area (Å²) in [6, 6.07) is 11.4.